The molecule has 62 heavy (non-hydrogen) atoms. The molecule has 2 unspecified atom stereocenters. The minimum absolute atomic E-state index is 0.00207. The summed E-state index contributed by atoms with van der Waals surface area (Å²) in [5, 5.41) is 121. The zero-order valence-electron chi connectivity index (χ0n) is 32.6. The molecule has 11 N–H and O–H groups in total. The van der Waals surface area contributed by atoms with E-state index in [0.717, 1.165) is 0 Å². The Bertz CT molecular complexity index is 2680. The van der Waals surface area contributed by atoms with Crippen LogP contribution < -0.4 is 9.47 Å². The van der Waals surface area contributed by atoms with Crippen LogP contribution >= 0.6 is 0 Å². The molecule has 2 aliphatic heterocycles. The van der Waals surface area contributed by atoms with E-state index in [2.05, 4.69) is 0 Å². The summed E-state index contributed by atoms with van der Waals surface area (Å²) in [6.45, 7) is -0.697. The van der Waals surface area contributed by atoms with Gasteiger partial charge in [-0.1, -0.05) is 36.4 Å². The molecule has 1 saturated heterocycles. The van der Waals surface area contributed by atoms with Crippen molar-refractivity contribution in [2.45, 2.75) is 66.4 Å². The molecule has 10 rings (SSSR count). The molecule has 6 aromatic carbocycles. The number of hydrogen-bond donors (Lipinski definition) is 11. The summed E-state index contributed by atoms with van der Waals surface area (Å²) in [5.74, 6) is -4.37. The van der Waals surface area contributed by atoms with Crippen molar-refractivity contribution >= 4 is 0 Å². The van der Waals surface area contributed by atoms with Crippen LogP contribution in [0.25, 0.3) is 0 Å². The van der Waals surface area contributed by atoms with E-state index in [1.165, 1.54) is 54.6 Å². The van der Waals surface area contributed by atoms with Crippen LogP contribution in [0.5, 0.6) is 51.7 Å². The topological polar surface area (TPSA) is 250 Å². The van der Waals surface area contributed by atoms with Gasteiger partial charge in [-0.15, -0.1) is 0 Å². The number of hydrogen-bond acceptors (Lipinski definition) is 14. The molecule has 11 atom stereocenters. The van der Waals surface area contributed by atoms with Crippen LogP contribution in [0, 0.1) is 0 Å². The third-order valence-electron chi connectivity index (χ3n) is 13.0. The van der Waals surface area contributed by atoms with Gasteiger partial charge in [-0.25, -0.2) is 0 Å². The van der Waals surface area contributed by atoms with E-state index in [9.17, 15) is 56.2 Å². The predicted octanol–water partition coefficient (Wildman–Crippen LogP) is 5.23. The van der Waals surface area contributed by atoms with Crippen LogP contribution in [-0.4, -0.2) is 93.5 Å². The third kappa shape index (κ3) is 6.21. The Kier molecular flexibility index (Phi) is 9.39. The largest absolute Gasteiger partial charge is 0.508 e. The highest BCUT2D eigenvalue weighted by Gasteiger charge is 2.55. The molecule has 0 amide bonds. The molecule has 2 aliphatic carbocycles. The van der Waals surface area contributed by atoms with Crippen molar-refractivity contribution in [3.63, 3.8) is 0 Å². The number of aliphatic hydroxyl groups excluding tert-OH is 4. The molecule has 2 heterocycles. The van der Waals surface area contributed by atoms with Crippen molar-refractivity contribution in [3.8, 4) is 51.7 Å². The second-order valence-corrected chi connectivity index (χ2v) is 16.5. The SMILES string of the molecule is OC[C@@H]1O[C@H](Oc2cc(O)c3c(c2)[C@@H]2C(c4ccc(O)cc4)c4c(O)cc(O)cc4[C@@H]4c5c(cc(O)cc5[C@@H]2[C@@H]3c2ccc(O)cc2)OC4c2ccc(O)cc2)[C@H](O)[C@@H](O)[C@H]1O. The number of aromatic hydroxyl groups is 7. The highest BCUT2D eigenvalue weighted by atomic mass is 16.7. The van der Waals surface area contributed by atoms with E-state index in [1.807, 2.05) is 0 Å². The Balaban J connectivity index is 1.28. The molecule has 6 aromatic rings. The van der Waals surface area contributed by atoms with Crippen molar-refractivity contribution in [1.82, 2.24) is 0 Å². The lowest BCUT2D eigenvalue weighted by molar-refractivity contribution is -0.277. The fourth-order valence-electron chi connectivity index (χ4n) is 10.4. The summed E-state index contributed by atoms with van der Waals surface area (Å²) in [7, 11) is 0. The van der Waals surface area contributed by atoms with Gasteiger partial charge in [0.2, 0.25) is 6.29 Å². The molecule has 0 aromatic heterocycles. The maximum atomic E-state index is 12.3. The summed E-state index contributed by atoms with van der Waals surface area (Å²) in [6.07, 6.45) is -8.84. The summed E-state index contributed by atoms with van der Waals surface area (Å²) in [6, 6.07) is 28.4. The van der Waals surface area contributed by atoms with Gasteiger partial charge in [0.25, 0.3) is 0 Å². The average Bonchev–Trinajstić information content (AvgIpc) is 3.78. The number of fused-ring (bicyclic) bond motifs is 6. The van der Waals surface area contributed by atoms with Gasteiger partial charge >= 0.3 is 0 Å². The first-order chi connectivity index (χ1) is 29.8. The van der Waals surface area contributed by atoms with Crippen molar-refractivity contribution in [3.05, 3.63) is 159 Å². The van der Waals surface area contributed by atoms with Gasteiger partial charge in [0.1, 0.15) is 82.3 Å². The molecule has 14 heteroatoms. The normalized spacial score (nSPS) is 28.1. The Hall–Kier alpha value is -6.68. The van der Waals surface area contributed by atoms with Crippen LogP contribution in [0.1, 0.15) is 85.8 Å². The van der Waals surface area contributed by atoms with Crippen LogP contribution in [-0.2, 0) is 4.74 Å². The zero-order chi connectivity index (χ0) is 43.3. The van der Waals surface area contributed by atoms with E-state index < -0.39 is 73.0 Å². The maximum Gasteiger partial charge on any atom is 0.229 e. The van der Waals surface area contributed by atoms with Crippen LogP contribution in [0.4, 0.5) is 0 Å². The Labute approximate surface area is 353 Å². The van der Waals surface area contributed by atoms with Gasteiger partial charge in [-0.2, -0.15) is 0 Å². The average molecular weight is 843 g/mol. The fourth-order valence-corrected chi connectivity index (χ4v) is 10.4. The highest BCUT2D eigenvalue weighted by molar-refractivity contribution is 5.69. The molecule has 4 aliphatic rings. The molecule has 14 nitrogen and oxygen atoms in total. The fraction of sp³-hybridized carbons (Fsp3) is 0.250. The Morgan fingerprint density at radius 3 is 1.55 bits per heavy atom. The summed E-state index contributed by atoms with van der Waals surface area (Å²) < 4.78 is 18.6. The molecule has 0 radical (unpaired) electrons. The minimum atomic E-state index is -1.77. The minimum Gasteiger partial charge on any atom is -0.508 e. The Morgan fingerprint density at radius 2 is 0.968 bits per heavy atom. The second-order valence-electron chi connectivity index (χ2n) is 16.5. The van der Waals surface area contributed by atoms with E-state index in [4.69, 9.17) is 14.2 Å². The number of ether oxygens (including phenoxy) is 3. The monoisotopic (exact) mass is 842 g/mol. The van der Waals surface area contributed by atoms with Crippen LogP contribution in [0.15, 0.2) is 109 Å². The maximum absolute atomic E-state index is 12.3. The standard InChI is InChI=1S/C48H42O14/c49-19-35-44(57)45(58)46(59)48(62-35)60-28-17-31-39(33(56)18-28)37(21-3-9-24(51)10-4-21)41-30-14-27(54)16-34-40(30)43(47(61-34)22-5-11-25(52)12-6-22)29-13-26(53)15-32(55)38(29)36(42(31)41)20-1-7-23(50)8-2-20/h1-18,35-37,41-59H,19H2/t35-,36?,37+,41+,42+,43+,44-,45-,46+,47?,48-/m0/s1. The first-order valence-corrected chi connectivity index (χ1v) is 20.1. The van der Waals surface area contributed by atoms with Gasteiger partial charge in [0.05, 0.1) is 12.5 Å². The third-order valence-corrected chi connectivity index (χ3v) is 13.0. The lowest BCUT2D eigenvalue weighted by Crippen LogP contribution is -2.60. The number of rotatable bonds is 6. The summed E-state index contributed by atoms with van der Waals surface area (Å²) in [5.41, 5.74) is 4.98. The number of aliphatic hydroxyl groups is 4. The highest BCUT2D eigenvalue weighted by Crippen LogP contribution is 2.69. The zero-order valence-corrected chi connectivity index (χ0v) is 32.6. The van der Waals surface area contributed by atoms with Crippen molar-refractivity contribution in [2.75, 3.05) is 6.61 Å². The van der Waals surface area contributed by atoms with E-state index in [1.54, 1.807) is 54.6 Å². The lowest BCUT2D eigenvalue weighted by atomic mass is 9.63. The van der Waals surface area contributed by atoms with E-state index >= 15 is 0 Å². The number of phenols is 7. The Morgan fingerprint density at radius 1 is 0.468 bits per heavy atom. The molecule has 0 bridgehead atoms. The predicted molar refractivity (Wildman–Crippen MR) is 219 cm³/mol. The van der Waals surface area contributed by atoms with Crippen molar-refractivity contribution < 1.29 is 70.4 Å². The first-order valence-electron chi connectivity index (χ1n) is 20.1. The van der Waals surface area contributed by atoms with Gasteiger partial charge in [0.15, 0.2) is 0 Å². The van der Waals surface area contributed by atoms with E-state index in [0.29, 0.717) is 55.8 Å². The van der Waals surface area contributed by atoms with Gasteiger partial charge < -0.3 is 70.4 Å². The summed E-state index contributed by atoms with van der Waals surface area (Å²) >= 11 is 0. The van der Waals surface area contributed by atoms with Crippen LogP contribution in [0.3, 0.4) is 0 Å². The first kappa shape index (κ1) is 39.5. The van der Waals surface area contributed by atoms with E-state index in [-0.39, 0.29) is 46.0 Å². The van der Waals surface area contributed by atoms with Gasteiger partial charge in [-0.3, -0.25) is 0 Å². The molecular formula is C48H42O14. The smallest absolute Gasteiger partial charge is 0.229 e. The summed E-state index contributed by atoms with van der Waals surface area (Å²) in [4.78, 5) is 0. The quantitative estimate of drug-likeness (QED) is 0.103. The van der Waals surface area contributed by atoms with Crippen molar-refractivity contribution in [1.29, 1.82) is 0 Å². The molecular weight excluding hydrogens is 801 g/mol. The lowest BCUT2D eigenvalue weighted by Gasteiger charge is -2.40. The van der Waals surface area contributed by atoms with Crippen molar-refractivity contribution in [2.24, 2.45) is 0 Å². The van der Waals surface area contributed by atoms with Gasteiger partial charge in [-0.05, 0) is 88.0 Å². The van der Waals surface area contributed by atoms with Gasteiger partial charge in [0, 0.05) is 58.6 Å². The number of phenolic OH excluding ortho intramolecular Hbond substituents is 7. The molecule has 318 valence electrons. The second kappa shape index (κ2) is 14.8. The molecule has 0 saturated carbocycles. The van der Waals surface area contributed by atoms with Crippen LogP contribution in [0.2, 0.25) is 0 Å². The molecule has 1 fully saturated rings. The molecule has 0 spiro atoms. The number of benzene rings is 6.